The van der Waals surface area contributed by atoms with Crippen LogP contribution in [-0.2, 0) is 11.3 Å². The first-order valence-corrected chi connectivity index (χ1v) is 8.06. The van der Waals surface area contributed by atoms with Crippen molar-refractivity contribution in [1.29, 1.82) is 0 Å². The van der Waals surface area contributed by atoms with Crippen molar-refractivity contribution in [1.82, 2.24) is 10.3 Å². The molecule has 0 unspecified atom stereocenters. The van der Waals surface area contributed by atoms with Crippen LogP contribution in [0.3, 0.4) is 0 Å². The molecule has 1 fully saturated rings. The number of benzene rings is 1. The summed E-state index contributed by atoms with van der Waals surface area (Å²) in [6, 6.07) is 10.2. The van der Waals surface area contributed by atoms with Gasteiger partial charge in [-0.15, -0.1) is 11.3 Å². The highest BCUT2D eigenvalue weighted by atomic mass is 32.1. The number of thiazole rings is 1. The van der Waals surface area contributed by atoms with Crippen LogP contribution < -0.4 is 5.32 Å². The van der Waals surface area contributed by atoms with Crippen LogP contribution in [0.15, 0.2) is 42.0 Å². The molecule has 1 N–H and O–H groups in total. The molecule has 0 aliphatic heterocycles. The van der Waals surface area contributed by atoms with Gasteiger partial charge < -0.3 is 10.1 Å². The Hall–Kier alpha value is -1.72. The molecule has 1 heterocycles. The Labute approximate surface area is 128 Å². The Morgan fingerprint density at radius 1 is 1.33 bits per heavy atom. The summed E-state index contributed by atoms with van der Waals surface area (Å²) in [7, 11) is 0. The summed E-state index contributed by atoms with van der Waals surface area (Å²) in [6.07, 6.45) is 4.77. The summed E-state index contributed by atoms with van der Waals surface area (Å²) in [5, 5.41) is 3.07. The van der Waals surface area contributed by atoms with Crippen LogP contribution in [0.4, 0.5) is 0 Å². The van der Waals surface area contributed by atoms with E-state index in [-0.39, 0.29) is 18.1 Å². The SMILES string of the molecule is O=C(N[C@H]1CCC[C@@H]1OCc1ccccc1)c1cncs1. The van der Waals surface area contributed by atoms with Crippen molar-refractivity contribution >= 4 is 17.2 Å². The van der Waals surface area contributed by atoms with Crippen LogP contribution in [-0.4, -0.2) is 23.0 Å². The fourth-order valence-electron chi connectivity index (χ4n) is 2.64. The fraction of sp³-hybridized carbons (Fsp3) is 0.375. The molecule has 1 amide bonds. The molecule has 1 aromatic carbocycles. The molecule has 2 aromatic rings. The first-order valence-electron chi connectivity index (χ1n) is 7.18. The monoisotopic (exact) mass is 302 g/mol. The van der Waals surface area contributed by atoms with E-state index >= 15 is 0 Å². The third-order valence-electron chi connectivity index (χ3n) is 3.73. The third kappa shape index (κ3) is 3.68. The molecule has 1 saturated carbocycles. The molecule has 1 aromatic heterocycles. The Balaban J connectivity index is 1.54. The van der Waals surface area contributed by atoms with Gasteiger partial charge in [-0.3, -0.25) is 9.78 Å². The van der Waals surface area contributed by atoms with Crippen LogP contribution in [0, 0.1) is 0 Å². The summed E-state index contributed by atoms with van der Waals surface area (Å²) >= 11 is 1.36. The maximum absolute atomic E-state index is 12.1. The van der Waals surface area contributed by atoms with Gasteiger partial charge in [0, 0.05) is 0 Å². The Kier molecular flexibility index (Phi) is 4.62. The number of carbonyl (C=O) groups excluding carboxylic acids is 1. The van der Waals surface area contributed by atoms with E-state index < -0.39 is 0 Å². The highest BCUT2D eigenvalue weighted by molar-refractivity contribution is 7.11. The number of hydrogen-bond acceptors (Lipinski definition) is 4. The van der Waals surface area contributed by atoms with Gasteiger partial charge in [0.1, 0.15) is 4.88 Å². The number of nitrogens with one attached hydrogen (secondary N) is 1. The summed E-state index contributed by atoms with van der Waals surface area (Å²) in [5.74, 6) is -0.0438. The van der Waals surface area contributed by atoms with E-state index in [4.69, 9.17) is 4.74 Å². The van der Waals surface area contributed by atoms with E-state index in [1.54, 1.807) is 11.7 Å². The Bertz CT molecular complexity index is 571. The molecule has 21 heavy (non-hydrogen) atoms. The average molecular weight is 302 g/mol. The molecule has 0 saturated heterocycles. The van der Waals surface area contributed by atoms with Gasteiger partial charge in [-0.05, 0) is 24.8 Å². The van der Waals surface area contributed by atoms with Crippen molar-refractivity contribution in [2.45, 2.75) is 38.0 Å². The van der Waals surface area contributed by atoms with Crippen LogP contribution in [0.2, 0.25) is 0 Å². The van der Waals surface area contributed by atoms with E-state index in [2.05, 4.69) is 22.4 Å². The first-order chi connectivity index (χ1) is 10.3. The lowest BCUT2D eigenvalue weighted by molar-refractivity contribution is 0.0272. The van der Waals surface area contributed by atoms with Crippen molar-refractivity contribution in [2.75, 3.05) is 0 Å². The molecular formula is C16H18N2O2S. The molecule has 3 rings (SSSR count). The van der Waals surface area contributed by atoms with Crippen LogP contribution in [0.5, 0.6) is 0 Å². The Morgan fingerprint density at radius 2 is 2.19 bits per heavy atom. The molecule has 0 radical (unpaired) electrons. The zero-order valence-corrected chi connectivity index (χ0v) is 12.5. The van der Waals surface area contributed by atoms with Gasteiger partial charge in [-0.1, -0.05) is 30.3 Å². The zero-order valence-electron chi connectivity index (χ0n) is 11.7. The lowest BCUT2D eigenvalue weighted by Gasteiger charge is -2.21. The molecular weight excluding hydrogens is 284 g/mol. The molecule has 1 aliphatic carbocycles. The summed E-state index contributed by atoms with van der Waals surface area (Å²) in [4.78, 5) is 16.7. The van der Waals surface area contributed by atoms with Gasteiger partial charge in [0.15, 0.2) is 0 Å². The summed E-state index contributed by atoms with van der Waals surface area (Å²) in [5.41, 5.74) is 2.84. The van der Waals surface area contributed by atoms with Crippen molar-refractivity contribution in [3.63, 3.8) is 0 Å². The second kappa shape index (κ2) is 6.83. The number of carbonyl (C=O) groups is 1. The normalized spacial score (nSPS) is 21.3. The predicted molar refractivity (Wildman–Crippen MR) is 82.2 cm³/mol. The fourth-order valence-corrected chi connectivity index (χ4v) is 3.16. The molecule has 0 bridgehead atoms. The van der Waals surface area contributed by atoms with E-state index in [0.717, 1.165) is 24.8 Å². The largest absolute Gasteiger partial charge is 0.371 e. The van der Waals surface area contributed by atoms with Crippen molar-refractivity contribution in [2.24, 2.45) is 0 Å². The highest BCUT2D eigenvalue weighted by Crippen LogP contribution is 2.24. The second-order valence-corrected chi connectivity index (χ2v) is 6.10. The molecule has 5 heteroatoms. The number of amides is 1. The topological polar surface area (TPSA) is 51.2 Å². The van der Waals surface area contributed by atoms with Crippen LogP contribution in [0.25, 0.3) is 0 Å². The number of ether oxygens (including phenoxy) is 1. The Morgan fingerprint density at radius 3 is 2.95 bits per heavy atom. The van der Waals surface area contributed by atoms with Crippen molar-refractivity contribution in [3.8, 4) is 0 Å². The van der Waals surface area contributed by atoms with Gasteiger partial charge >= 0.3 is 0 Å². The first kappa shape index (κ1) is 14.2. The van der Waals surface area contributed by atoms with Gasteiger partial charge in [0.2, 0.25) is 0 Å². The maximum atomic E-state index is 12.1. The minimum Gasteiger partial charge on any atom is -0.371 e. The number of rotatable bonds is 5. The second-order valence-electron chi connectivity index (χ2n) is 5.21. The molecule has 2 atom stereocenters. The zero-order chi connectivity index (χ0) is 14.5. The van der Waals surface area contributed by atoms with Crippen molar-refractivity contribution < 1.29 is 9.53 Å². The van der Waals surface area contributed by atoms with E-state index in [1.807, 2.05) is 18.2 Å². The molecule has 4 nitrogen and oxygen atoms in total. The van der Waals surface area contributed by atoms with Gasteiger partial charge in [-0.2, -0.15) is 0 Å². The summed E-state index contributed by atoms with van der Waals surface area (Å²) < 4.78 is 5.99. The van der Waals surface area contributed by atoms with Crippen molar-refractivity contribution in [3.05, 3.63) is 52.5 Å². The van der Waals surface area contributed by atoms with Crippen LogP contribution >= 0.6 is 11.3 Å². The molecule has 110 valence electrons. The quantitative estimate of drug-likeness (QED) is 0.923. The van der Waals surface area contributed by atoms with E-state index in [9.17, 15) is 4.79 Å². The molecule has 0 spiro atoms. The maximum Gasteiger partial charge on any atom is 0.263 e. The smallest absolute Gasteiger partial charge is 0.263 e. The number of hydrogen-bond donors (Lipinski definition) is 1. The molecule has 1 aliphatic rings. The van der Waals surface area contributed by atoms with E-state index in [1.165, 1.54) is 11.3 Å². The minimum atomic E-state index is -0.0438. The predicted octanol–water partition coefficient (Wildman–Crippen LogP) is 3.01. The summed E-state index contributed by atoms with van der Waals surface area (Å²) in [6.45, 7) is 0.596. The lowest BCUT2D eigenvalue weighted by atomic mass is 10.2. The van der Waals surface area contributed by atoms with Crippen LogP contribution in [0.1, 0.15) is 34.5 Å². The minimum absolute atomic E-state index is 0.0438. The average Bonchev–Trinajstić information content (AvgIpc) is 3.18. The van der Waals surface area contributed by atoms with E-state index in [0.29, 0.717) is 11.5 Å². The lowest BCUT2D eigenvalue weighted by Crippen LogP contribution is -2.40. The van der Waals surface area contributed by atoms with Gasteiger partial charge in [0.25, 0.3) is 5.91 Å². The van der Waals surface area contributed by atoms with Gasteiger partial charge in [-0.25, -0.2) is 0 Å². The third-order valence-corrected chi connectivity index (χ3v) is 4.50. The number of aromatic nitrogens is 1. The number of nitrogens with zero attached hydrogens (tertiary/aromatic N) is 1. The highest BCUT2D eigenvalue weighted by Gasteiger charge is 2.29. The van der Waals surface area contributed by atoms with Gasteiger partial charge in [0.05, 0.1) is 30.5 Å². The standard InChI is InChI=1S/C16H18N2O2S/c19-16(15-9-17-11-21-15)18-13-7-4-8-14(13)20-10-12-5-2-1-3-6-12/h1-3,5-6,9,11,13-14H,4,7-8,10H2,(H,18,19)/t13-,14-/m0/s1.